The first-order valence-electron chi connectivity index (χ1n) is 3.43. The summed E-state index contributed by atoms with van der Waals surface area (Å²) in [6, 6.07) is 0. The van der Waals surface area contributed by atoms with Crippen molar-refractivity contribution >= 4 is 5.71 Å². The molecule has 0 N–H and O–H groups in total. The fourth-order valence-corrected chi connectivity index (χ4v) is 1.05. The SMILES string of the molecule is CCC1=C(C)[N]N=C1C(F)F. The predicted octanol–water partition coefficient (Wildman–Crippen LogP) is 1.91. The molecule has 11 heavy (non-hydrogen) atoms. The van der Waals surface area contributed by atoms with E-state index in [0.29, 0.717) is 17.7 Å². The zero-order valence-electron chi connectivity index (χ0n) is 6.43. The highest BCUT2D eigenvalue weighted by molar-refractivity contribution is 6.04. The van der Waals surface area contributed by atoms with Gasteiger partial charge in [0.05, 0.1) is 5.70 Å². The van der Waals surface area contributed by atoms with Crippen molar-refractivity contribution in [2.24, 2.45) is 5.10 Å². The van der Waals surface area contributed by atoms with Crippen LogP contribution < -0.4 is 5.43 Å². The number of halogens is 2. The van der Waals surface area contributed by atoms with Gasteiger partial charge in [-0.25, -0.2) is 8.78 Å². The van der Waals surface area contributed by atoms with E-state index in [0.717, 1.165) is 0 Å². The van der Waals surface area contributed by atoms with Crippen molar-refractivity contribution in [1.82, 2.24) is 5.43 Å². The largest absolute Gasteiger partial charge is 0.282 e. The van der Waals surface area contributed by atoms with Gasteiger partial charge in [0.25, 0.3) is 6.43 Å². The first-order chi connectivity index (χ1) is 5.16. The third-order valence-corrected chi connectivity index (χ3v) is 1.61. The second kappa shape index (κ2) is 2.98. The van der Waals surface area contributed by atoms with Crippen LogP contribution in [0.4, 0.5) is 8.78 Å². The second-order valence-electron chi connectivity index (χ2n) is 2.30. The van der Waals surface area contributed by atoms with Gasteiger partial charge >= 0.3 is 0 Å². The molecule has 0 unspecified atom stereocenters. The standard InChI is InChI=1S/C7H9F2N2/c1-3-5-4(2)10-11-6(5)7(8)9/h7H,3H2,1-2H3. The fraction of sp³-hybridized carbons (Fsp3) is 0.571. The number of hydrogen-bond donors (Lipinski definition) is 0. The molecule has 0 bridgehead atoms. The van der Waals surface area contributed by atoms with E-state index in [-0.39, 0.29) is 5.71 Å². The lowest BCUT2D eigenvalue weighted by atomic mass is 10.1. The highest BCUT2D eigenvalue weighted by Crippen LogP contribution is 2.19. The van der Waals surface area contributed by atoms with Crippen molar-refractivity contribution in [3.05, 3.63) is 11.3 Å². The zero-order valence-corrected chi connectivity index (χ0v) is 6.43. The molecule has 1 aliphatic heterocycles. The Morgan fingerprint density at radius 2 is 2.09 bits per heavy atom. The van der Waals surface area contributed by atoms with E-state index in [4.69, 9.17) is 0 Å². The maximum atomic E-state index is 12.1. The molecule has 0 amide bonds. The summed E-state index contributed by atoms with van der Waals surface area (Å²) in [5.41, 5.74) is 4.61. The van der Waals surface area contributed by atoms with Crippen molar-refractivity contribution < 1.29 is 8.78 Å². The molecule has 0 atom stereocenters. The summed E-state index contributed by atoms with van der Waals surface area (Å²) >= 11 is 0. The van der Waals surface area contributed by atoms with Gasteiger partial charge in [-0.1, -0.05) is 6.92 Å². The molecule has 1 aliphatic rings. The zero-order chi connectivity index (χ0) is 8.43. The first kappa shape index (κ1) is 8.17. The molecule has 1 rings (SSSR count). The molecule has 0 aliphatic carbocycles. The quantitative estimate of drug-likeness (QED) is 0.588. The Hall–Kier alpha value is -0.930. The van der Waals surface area contributed by atoms with Gasteiger partial charge in [-0.15, -0.1) is 5.10 Å². The summed E-state index contributed by atoms with van der Waals surface area (Å²) in [7, 11) is 0. The number of alkyl halides is 2. The average molecular weight is 159 g/mol. The van der Waals surface area contributed by atoms with Crippen LogP contribution in [0.15, 0.2) is 16.4 Å². The van der Waals surface area contributed by atoms with Crippen molar-refractivity contribution in [1.29, 1.82) is 0 Å². The molecule has 4 heteroatoms. The number of rotatable bonds is 2. The van der Waals surface area contributed by atoms with E-state index in [1.54, 1.807) is 6.92 Å². The van der Waals surface area contributed by atoms with Gasteiger partial charge in [0.1, 0.15) is 5.71 Å². The lowest BCUT2D eigenvalue weighted by Gasteiger charge is -2.00. The Balaban J connectivity index is 2.85. The van der Waals surface area contributed by atoms with Crippen LogP contribution in [-0.4, -0.2) is 12.1 Å². The molecular weight excluding hydrogens is 150 g/mol. The van der Waals surface area contributed by atoms with E-state index in [1.807, 2.05) is 6.92 Å². The van der Waals surface area contributed by atoms with Crippen LogP contribution in [0.2, 0.25) is 0 Å². The Morgan fingerprint density at radius 3 is 2.45 bits per heavy atom. The second-order valence-corrected chi connectivity index (χ2v) is 2.30. The molecule has 0 aromatic carbocycles. The highest BCUT2D eigenvalue weighted by Gasteiger charge is 2.24. The minimum Gasteiger partial charge on any atom is -0.203 e. The van der Waals surface area contributed by atoms with Crippen molar-refractivity contribution in [2.45, 2.75) is 26.7 Å². The molecule has 61 valence electrons. The summed E-state index contributed by atoms with van der Waals surface area (Å²) in [4.78, 5) is 0. The van der Waals surface area contributed by atoms with Crippen LogP contribution in [0.5, 0.6) is 0 Å². The minimum absolute atomic E-state index is 0.162. The van der Waals surface area contributed by atoms with Gasteiger partial charge < -0.3 is 0 Å². The van der Waals surface area contributed by atoms with Gasteiger partial charge in [-0.3, -0.25) is 0 Å². The molecule has 0 aromatic heterocycles. The van der Waals surface area contributed by atoms with Gasteiger partial charge in [0.2, 0.25) is 0 Å². The molecule has 0 saturated heterocycles. The summed E-state index contributed by atoms with van der Waals surface area (Å²) < 4.78 is 24.3. The molecule has 0 fully saturated rings. The maximum absolute atomic E-state index is 12.1. The van der Waals surface area contributed by atoms with Crippen LogP contribution in [-0.2, 0) is 0 Å². The first-order valence-corrected chi connectivity index (χ1v) is 3.43. The Kier molecular flexibility index (Phi) is 2.22. The normalized spacial score (nSPS) is 17.4. The van der Waals surface area contributed by atoms with Crippen LogP contribution in [0.1, 0.15) is 20.3 Å². The summed E-state index contributed by atoms with van der Waals surface area (Å²) in [5, 5.41) is 3.39. The van der Waals surface area contributed by atoms with E-state index in [1.165, 1.54) is 0 Å². The van der Waals surface area contributed by atoms with Gasteiger partial charge in [0, 0.05) is 5.57 Å². The Labute approximate surface area is 64.0 Å². The lowest BCUT2D eigenvalue weighted by molar-refractivity contribution is 0.225. The van der Waals surface area contributed by atoms with E-state index in [2.05, 4.69) is 10.5 Å². The van der Waals surface area contributed by atoms with Gasteiger partial charge in [-0.05, 0) is 13.3 Å². The number of allylic oxidation sites excluding steroid dienone is 2. The molecule has 1 heterocycles. The summed E-state index contributed by atoms with van der Waals surface area (Å²) in [5.74, 6) is 0. The number of hydrogen-bond acceptors (Lipinski definition) is 1. The van der Waals surface area contributed by atoms with Crippen LogP contribution in [0.3, 0.4) is 0 Å². The van der Waals surface area contributed by atoms with E-state index in [9.17, 15) is 8.78 Å². The topological polar surface area (TPSA) is 26.5 Å². The summed E-state index contributed by atoms with van der Waals surface area (Å²) in [6.07, 6.45) is -1.93. The minimum atomic E-state index is -2.49. The van der Waals surface area contributed by atoms with Crippen LogP contribution in [0, 0.1) is 0 Å². The molecule has 0 aromatic rings. The molecular formula is C7H9F2N2. The van der Waals surface area contributed by atoms with E-state index < -0.39 is 6.43 Å². The molecule has 0 saturated carbocycles. The van der Waals surface area contributed by atoms with Crippen molar-refractivity contribution in [2.75, 3.05) is 0 Å². The average Bonchev–Trinajstić information content (AvgIpc) is 2.30. The highest BCUT2D eigenvalue weighted by atomic mass is 19.3. The smallest absolute Gasteiger partial charge is 0.203 e. The van der Waals surface area contributed by atoms with Crippen LogP contribution >= 0.6 is 0 Å². The predicted molar refractivity (Wildman–Crippen MR) is 38.6 cm³/mol. The maximum Gasteiger partial charge on any atom is 0.282 e. The molecule has 0 spiro atoms. The summed E-state index contributed by atoms with van der Waals surface area (Å²) in [6.45, 7) is 3.51. The fourth-order valence-electron chi connectivity index (χ4n) is 1.05. The Morgan fingerprint density at radius 1 is 1.45 bits per heavy atom. The third-order valence-electron chi connectivity index (χ3n) is 1.61. The van der Waals surface area contributed by atoms with Crippen LogP contribution in [0.25, 0.3) is 0 Å². The number of nitrogens with zero attached hydrogens (tertiary/aromatic N) is 2. The molecule has 2 nitrogen and oxygen atoms in total. The van der Waals surface area contributed by atoms with E-state index >= 15 is 0 Å². The lowest BCUT2D eigenvalue weighted by Crippen LogP contribution is -2.10. The van der Waals surface area contributed by atoms with Crippen molar-refractivity contribution in [3.63, 3.8) is 0 Å². The third kappa shape index (κ3) is 1.39. The molecule has 1 radical (unpaired) electrons. The monoisotopic (exact) mass is 159 g/mol. The van der Waals surface area contributed by atoms with Gasteiger partial charge in [-0.2, -0.15) is 5.43 Å². The van der Waals surface area contributed by atoms with Crippen molar-refractivity contribution in [3.8, 4) is 0 Å². The van der Waals surface area contributed by atoms with Gasteiger partial charge in [0.15, 0.2) is 0 Å². The Bertz CT molecular complexity index is 218.